The van der Waals surface area contributed by atoms with E-state index in [1.54, 1.807) is 19.1 Å². The highest BCUT2D eigenvalue weighted by Gasteiger charge is 2.56. The van der Waals surface area contributed by atoms with Crippen molar-refractivity contribution in [3.8, 4) is 6.07 Å². The summed E-state index contributed by atoms with van der Waals surface area (Å²) in [6, 6.07) is 7.32. The molecule has 0 spiro atoms. The molecule has 0 bridgehead atoms. The highest BCUT2D eigenvalue weighted by Crippen LogP contribution is 2.62. The number of hydrogen-bond acceptors (Lipinski definition) is 4. The first-order chi connectivity index (χ1) is 12.5. The number of nitriles is 1. The maximum atomic E-state index is 14.7. The fourth-order valence-corrected chi connectivity index (χ4v) is 4.48. The summed E-state index contributed by atoms with van der Waals surface area (Å²) >= 11 is 4.96. The second-order valence-corrected chi connectivity index (χ2v) is 8.02. The number of nitrogens with zero attached hydrogens (tertiary/aromatic N) is 2. The number of benzene rings is 1. The molecule has 0 radical (unpaired) electrons. The summed E-state index contributed by atoms with van der Waals surface area (Å²) in [5.41, 5.74) is 1.20. The van der Waals surface area contributed by atoms with Gasteiger partial charge in [0.25, 0.3) is 0 Å². The number of ether oxygens (including phenoxy) is 1. The Labute approximate surface area is 157 Å². The molecule has 3 aliphatic rings. The van der Waals surface area contributed by atoms with E-state index >= 15 is 0 Å². The molecule has 26 heavy (non-hydrogen) atoms. The van der Waals surface area contributed by atoms with Crippen LogP contribution in [0.2, 0.25) is 0 Å². The van der Waals surface area contributed by atoms with E-state index < -0.39 is 6.09 Å². The molecule has 1 aliphatic heterocycles. The van der Waals surface area contributed by atoms with Crippen molar-refractivity contribution in [1.29, 1.82) is 5.26 Å². The largest absolute Gasteiger partial charge is 0.442 e. The van der Waals surface area contributed by atoms with E-state index in [4.69, 9.17) is 22.2 Å². The zero-order valence-electron chi connectivity index (χ0n) is 14.4. The molecule has 1 aromatic carbocycles. The molecule has 1 heterocycles. The Kier molecular flexibility index (Phi) is 4.31. The van der Waals surface area contributed by atoms with Crippen LogP contribution in [0.1, 0.15) is 31.2 Å². The SMILES string of the molecule is CC(=S)NC[C@H]1CN(c2ccc(C3CC4C(C#N)C4C3)c(F)c2)C(=O)O1. The topological polar surface area (TPSA) is 65.4 Å². The summed E-state index contributed by atoms with van der Waals surface area (Å²) in [7, 11) is 0. The van der Waals surface area contributed by atoms with Crippen LogP contribution in [0.3, 0.4) is 0 Å². The van der Waals surface area contributed by atoms with Crippen LogP contribution in [0.15, 0.2) is 18.2 Å². The summed E-state index contributed by atoms with van der Waals surface area (Å²) in [4.78, 5) is 14.2. The molecule has 1 amide bonds. The first-order valence-corrected chi connectivity index (χ1v) is 9.30. The number of fused-ring (bicyclic) bond motifs is 1. The molecule has 7 heteroatoms. The van der Waals surface area contributed by atoms with Crippen LogP contribution in [-0.2, 0) is 4.74 Å². The molecule has 0 aromatic heterocycles. The van der Waals surface area contributed by atoms with Crippen LogP contribution >= 0.6 is 12.2 Å². The van der Waals surface area contributed by atoms with Gasteiger partial charge in [-0.2, -0.15) is 5.26 Å². The van der Waals surface area contributed by atoms with Crippen molar-refractivity contribution in [2.75, 3.05) is 18.0 Å². The van der Waals surface area contributed by atoms with Gasteiger partial charge in [-0.3, -0.25) is 4.90 Å². The van der Waals surface area contributed by atoms with Crippen LogP contribution in [0.4, 0.5) is 14.9 Å². The number of anilines is 1. The minimum atomic E-state index is -0.468. The minimum Gasteiger partial charge on any atom is -0.442 e. The summed E-state index contributed by atoms with van der Waals surface area (Å²) < 4.78 is 20.0. The Morgan fingerprint density at radius 2 is 2.19 bits per heavy atom. The number of nitrogens with one attached hydrogen (secondary N) is 1. The lowest BCUT2D eigenvalue weighted by Gasteiger charge is -2.18. The zero-order valence-corrected chi connectivity index (χ0v) is 15.3. The Morgan fingerprint density at radius 1 is 1.46 bits per heavy atom. The van der Waals surface area contributed by atoms with Gasteiger partial charge in [0.05, 0.1) is 35.8 Å². The van der Waals surface area contributed by atoms with Crippen LogP contribution in [0.5, 0.6) is 0 Å². The number of cyclic esters (lactones) is 1. The fraction of sp³-hybridized carbons (Fsp3) is 0.526. The smallest absolute Gasteiger partial charge is 0.414 e. The Balaban J connectivity index is 1.43. The molecule has 2 unspecified atom stereocenters. The van der Waals surface area contributed by atoms with Crippen molar-refractivity contribution in [3.05, 3.63) is 29.6 Å². The van der Waals surface area contributed by atoms with Gasteiger partial charge in [0.15, 0.2) is 0 Å². The Morgan fingerprint density at radius 3 is 2.81 bits per heavy atom. The molecule has 2 aliphatic carbocycles. The molecule has 5 nitrogen and oxygen atoms in total. The van der Waals surface area contributed by atoms with Crippen molar-refractivity contribution in [1.82, 2.24) is 5.32 Å². The van der Waals surface area contributed by atoms with Crippen molar-refractivity contribution < 1.29 is 13.9 Å². The molecule has 2 saturated carbocycles. The predicted molar refractivity (Wildman–Crippen MR) is 98.3 cm³/mol. The van der Waals surface area contributed by atoms with Crippen molar-refractivity contribution in [3.63, 3.8) is 0 Å². The lowest BCUT2D eigenvalue weighted by atomic mass is 9.92. The van der Waals surface area contributed by atoms with Gasteiger partial charge in [-0.05, 0) is 55.2 Å². The highest BCUT2D eigenvalue weighted by atomic mass is 32.1. The van der Waals surface area contributed by atoms with E-state index in [0.717, 1.165) is 12.8 Å². The second-order valence-electron chi connectivity index (χ2n) is 7.41. The highest BCUT2D eigenvalue weighted by molar-refractivity contribution is 7.80. The van der Waals surface area contributed by atoms with Gasteiger partial charge >= 0.3 is 6.09 Å². The first kappa shape index (κ1) is 17.2. The summed E-state index contributed by atoms with van der Waals surface area (Å²) in [6.07, 6.45) is 0.989. The summed E-state index contributed by atoms with van der Waals surface area (Å²) in [5, 5.41) is 12.0. The fourth-order valence-electron chi connectivity index (χ4n) is 4.40. The van der Waals surface area contributed by atoms with Crippen LogP contribution in [-0.4, -0.2) is 30.3 Å². The number of amides is 1. The third-order valence-electron chi connectivity index (χ3n) is 5.78. The second kappa shape index (κ2) is 6.51. The average molecular weight is 373 g/mol. The maximum Gasteiger partial charge on any atom is 0.414 e. The Hall–Kier alpha value is -2.20. The van der Waals surface area contributed by atoms with Crippen LogP contribution < -0.4 is 10.2 Å². The van der Waals surface area contributed by atoms with Gasteiger partial charge in [0, 0.05) is 0 Å². The molecule has 3 atom stereocenters. The van der Waals surface area contributed by atoms with E-state index in [1.165, 1.54) is 11.0 Å². The van der Waals surface area contributed by atoms with Gasteiger partial charge in [0.2, 0.25) is 0 Å². The van der Waals surface area contributed by atoms with E-state index in [0.29, 0.717) is 41.2 Å². The number of carbonyl (C=O) groups is 1. The van der Waals surface area contributed by atoms with Crippen molar-refractivity contribution in [2.45, 2.75) is 31.8 Å². The normalized spacial score (nSPS) is 32.0. The van der Waals surface area contributed by atoms with Crippen molar-refractivity contribution in [2.24, 2.45) is 17.8 Å². The van der Waals surface area contributed by atoms with E-state index in [-0.39, 0.29) is 23.8 Å². The molecular formula is C19H20FN3O2S. The predicted octanol–water partition coefficient (Wildman–Crippen LogP) is 3.35. The molecular weight excluding hydrogens is 353 g/mol. The molecule has 1 aromatic rings. The Bertz CT molecular complexity index is 796. The zero-order chi connectivity index (χ0) is 18.4. The van der Waals surface area contributed by atoms with Crippen LogP contribution in [0.25, 0.3) is 0 Å². The quantitative estimate of drug-likeness (QED) is 0.820. The first-order valence-electron chi connectivity index (χ1n) is 8.89. The molecule has 1 N–H and O–H groups in total. The lowest BCUT2D eigenvalue weighted by molar-refractivity contribution is 0.143. The molecule has 136 valence electrons. The summed E-state index contributed by atoms with van der Waals surface area (Å²) in [6.45, 7) is 2.58. The van der Waals surface area contributed by atoms with E-state index in [2.05, 4.69) is 11.4 Å². The van der Waals surface area contributed by atoms with Crippen LogP contribution in [0, 0.1) is 34.9 Å². The van der Waals surface area contributed by atoms with Gasteiger partial charge in [-0.15, -0.1) is 0 Å². The third kappa shape index (κ3) is 3.03. The number of thiocarbonyl (C=S) groups is 1. The van der Waals surface area contributed by atoms with Gasteiger partial charge in [-0.1, -0.05) is 18.3 Å². The standard InChI is InChI=1S/C19H20FN3O2S/c1-10(26)22-8-13-9-23(19(24)25-13)12-2-3-14(18(20)6-12)11-4-15-16(5-11)17(15)7-21/h2-3,6,11,13,15-17H,4-5,8-9H2,1H3,(H,22,26)/t11?,13-,15?,16?,17?/m0/s1. The van der Waals surface area contributed by atoms with E-state index in [9.17, 15) is 9.18 Å². The lowest BCUT2D eigenvalue weighted by Crippen LogP contribution is -2.32. The third-order valence-corrected chi connectivity index (χ3v) is 5.93. The van der Waals surface area contributed by atoms with Gasteiger partial charge in [0.1, 0.15) is 11.9 Å². The number of hydrogen-bond donors (Lipinski definition) is 1. The minimum absolute atomic E-state index is 0.175. The molecule has 3 fully saturated rings. The van der Waals surface area contributed by atoms with Gasteiger partial charge < -0.3 is 10.1 Å². The van der Waals surface area contributed by atoms with E-state index in [1.807, 2.05) is 0 Å². The van der Waals surface area contributed by atoms with Crippen molar-refractivity contribution >= 4 is 29.0 Å². The molecule has 4 rings (SSSR count). The number of carbonyl (C=O) groups excluding carboxylic acids is 1. The molecule has 1 saturated heterocycles. The van der Waals surface area contributed by atoms with Gasteiger partial charge in [-0.25, -0.2) is 9.18 Å². The number of rotatable bonds is 4. The monoisotopic (exact) mass is 373 g/mol. The summed E-state index contributed by atoms with van der Waals surface area (Å²) in [5.74, 6) is 0.948. The average Bonchev–Trinajstić information content (AvgIpc) is 2.93. The number of halogens is 1. The maximum absolute atomic E-state index is 14.7.